The number of carboxylic acid groups (broad SMARTS) is 1. The Morgan fingerprint density at radius 3 is 2.58 bits per heavy atom. The van der Waals surface area contributed by atoms with Gasteiger partial charge in [-0.25, -0.2) is 0 Å². The molecule has 0 amide bonds. The van der Waals surface area contributed by atoms with Crippen LogP contribution >= 0.6 is 0 Å². The van der Waals surface area contributed by atoms with Gasteiger partial charge in [-0.1, -0.05) is 13.0 Å². The number of hydrogen-bond donors (Lipinski definition) is 1. The monoisotopic (exact) mass is 469 g/mol. The number of hydrogen-bond acceptors (Lipinski definition) is 5. The first-order valence-corrected chi connectivity index (χ1v) is 9.71. The first-order valence-electron chi connectivity index (χ1n) is 9.71. The van der Waals surface area contributed by atoms with Gasteiger partial charge in [0.1, 0.15) is 17.9 Å². The third-order valence-corrected chi connectivity index (χ3v) is 5.32. The molecule has 0 fully saturated rings. The highest BCUT2D eigenvalue weighted by Gasteiger charge is 2.39. The summed E-state index contributed by atoms with van der Waals surface area (Å²) < 4.78 is 75.8. The molecule has 0 spiro atoms. The van der Waals surface area contributed by atoms with E-state index in [1.807, 2.05) is 0 Å². The third kappa shape index (κ3) is 4.20. The van der Waals surface area contributed by atoms with Crippen molar-refractivity contribution in [2.24, 2.45) is 5.92 Å². The largest absolute Gasteiger partial charge is 0.481 e. The van der Waals surface area contributed by atoms with Crippen molar-refractivity contribution in [3.8, 4) is 22.9 Å². The summed E-state index contributed by atoms with van der Waals surface area (Å²) in [5.41, 5.74) is -0.00545. The van der Waals surface area contributed by atoms with Crippen molar-refractivity contribution >= 4 is 5.97 Å². The molecule has 4 rings (SSSR count). The molecule has 2 heterocycles. The van der Waals surface area contributed by atoms with Crippen molar-refractivity contribution < 1.29 is 41.3 Å². The van der Waals surface area contributed by atoms with E-state index in [4.69, 9.17) is 4.74 Å². The number of nitrogens with zero attached hydrogens (tertiary/aromatic N) is 3. The van der Waals surface area contributed by atoms with E-state index in [1.54, 1.807) is 17.6 Å². The molecule has 1 aromatic heterocycles. The molecule has 1 N–H and O–H groups in total. The molecule has 0 radical (unpaired) electrons. The van der Waals surface area contributed by atoms with Gasteiger partial charge in [-0.3, -0.25) is 9.36 Å². The van der Waals surface area contributed by atoms with Crippen molar-refractivity contribution in [1.82, 2.24) is 14.8 Å². The number of fused-ring (bicyclic) bond motifs is 3. The van der Waals surface area contributed by atoms with Gasteiger partial charge in [-0.05, 0) is 36.2 Å². The van der Waals surface area contributed by atoms with Crippen molar-refractivity contribution in [2.45, 2.75) is 32.1 Å². The zero-order valence-corrected chi connectivity index (χ0v) is 16.9. The predicted octanol–water partition coefficient (Wildman–Crippen LogP) is 5.24. The smallest absolute Gasteiger partial charge is 0.416 e. The Labute approximate surface area is 183 Å². The van der Waals surface area contributed by atoms with E-state index in [-0.39, 0.29) is 11.5 Å². The van der Waals surface area contributed by atoms with E-state index in [2.05, 4.69) is 14.9 Å². The second-order valence-corrected chi connectivity index (χ2v) is 7.25. The molecular weight excluding hydrogens is 453 g/mol. The minimum Gasteiger partial charge on any atom is -0.481 e. The van der Waals surface area contributed by atoms with Gasteiger partial charge in [-0.2, -0.15) is 22.0 Å². The summed E-state index contributed by atoms with van der Waals surface area (Å²) in [7, 11) is 0. The predicted molar refractivity (Wildman–Crippen MR) is 103 cm³/mol. The van der Waals surface area contributed by atoms with Crippen LogP contribution in [-0.4, -0.2) is 32.5 Å². The molecule has 7 nitrogen and oxygen atoms in total. The van der Waals surface area contributed by atoms with E-state index in [1.165, 1.54) is 18.5 Å². The lowest BCUT2D eigenvalue weighted by Gasteiger charge is -2.18. The Hall–Kier alpha value is -3.70. The first kappa shape index (κ1) is 22.5. The Bertz CT molecular complexity index is 1190. The minimum atomic E-state index is -4.76. The molecule has 0 aliphatic carbocycles. The van der Waals surface area contributed by atoms with E-state index >= 15 is 0 Å². The Morgan fingerprint density at radius 1 is 1.18 bits per heavy atom. The van der Waals surface area contributed by atoms with Crippen molar-refractivity contribution in [3.05, 3.63) is 59.7 Å². The molecule has 33 heavy (non-hydrogen) atoms. The van der Waals surface area contributed by atoms with Gasteiger partial charge in [0.15, 0.2) is 11.5 Å². The number of carboxylic acids is 1. The normalized spacial score (nSPS) is 15.8. The maximum Gasteiger partial charge on any atom is 0.416 e. The SMILES string of the molecule is CCC(C(=O)O)C1c2ccc(Oc3ccc(C(F)(F)F)cc3OC(F)F)cc2-n2cnnc21. The Morgan fingerprint density at radius 2 is 1.94 bits per heavy atom. The van der Waals surface area contributed by atoms with Gasteiger partial charge in [0, 0.05) is 6.07 Å². The fourth-order valence-corrected chi connectivity index (χ4v) is 3.87. The molecule has 1 aliphatic heterocycles. The van der Waals surface area contributed by atoms with Gasteiger partial charge < -0.3 is 14.6 Å². The van der Waals surface area contributed by atoms with Crippen LogP contribution in [0.15, 0.2) is 42.7 Å². The molecule has 0 saturated carbocycles. The van der Waals surface area contributed by atoms with Crippen LogP contribution in [0.3, 0.4) is 0 Å². The zero-order valence-electron chi connectivity index (χ0n) is 16.9. The molecule has 2 atom stereocenters. The molecule has 1 aliphatic rings. The molecule has 12 heteroatoms. The lowest BCUT2D eigenvalue weighted by Crippen LogP contribution is -2.21. The average molecular weight is 469 g/mol. The van der Waals surface area contributed by atoms with Gasteiger partial charge in [0.05, 0.1) is 23.1 Å². The highest BCUT2D eigenvalue weighted by Crippen LogP contribution is 2.45. The van der Waals surface area contributed by atoms with E-state index in [9.17, 15) is 31.9 Å². The maximum atomic E-state index is 13.0. The number of carbonyl (C=O) groups is 1. The summed E-state index contributed by atoms with van der Waals surface area (Å²) in [6.07, 6.45) is -3.02. The zero-order chi connectivity index (χ0) is 23.9. The lowest BCUT2D eigenvalue weighted by atomic mass is 9.85. The van der Waals surface area contributed by atoms with E-state index in [0.29, 0.717) is 35.6 Å². The van der Waals surface area contributed by atoms with Crippen LogP contribution in [0.1, 0.15) is 36.2 Å². The third-order valence-electron chi connectivity index (χ3n) is 5.32. The molecule has 3 aromatic rings. The topological polar surface area (TPSA) is 86.5 Å². The summed E-state index contributed by atoms with van der Waals surface area (Å²) in [5, 5.41) is 17.5. The fourth-order valence-electron chi connectivity index (χ4n) is 3.87. The average Bonchev–Trinajstić information content (AvgIpc) is 3.31. The van der Waals surface area contributed by atoms with Crippen LogP contribution in [-0.2, 0) is 11.0 Å². The highest BCUT2D eigenvalue weighted by molar-refractivity contribution is 5.73. The molecule has 0 saturated heterocycles. The quantitative estimate of drug-likeness (QED) is 0.477. The van der Waals surface area contributed by atoms with Crippen molar-refractivity contribution in [3.63, 3.8) is 0 Å². The van der Waals surface area contributed by atoms with E-state index in [0.717, 1.165) is 6.07 Å². The van der Waals surface area contributed by atoms with Gasteiger partial charge in [-0.15, -0.1) is 10.2 Å². The second-order valence-electron chi connectivity index (χ2n) is 7.25. The number of alkyl halides is 5. The number of aliphatic carboxylic acids is 1. The summed E-state index contributed by atoms with van der Waals surface area (Å²) in [6, 6.07) is 6.57. The van der Waals surface area contributed by atoms with Crippen molar-refractivity contribution in [2.75, 3.05) is 0 Å². The Kier molecular flexibility index (Phi) is 5.68. The van der Waals surface area contributed by atoms with Crippen LogP contribution in [0.4, 0.5) is 22.0 Å². The summed E-state index contributed by atoms with van der Waals surface area (Å²) in [5.74, 6) is -2.92. The number of rotatable bonds is 7. The van der Waals surface area contributed by atoms with Crippen LogP contribution < -0.4 is 9.47 Å². The highest BCUT2D eigenvalue weighted by atomic mass is 19.4. The van der Waals surface area contributed by atoms with Crippen molar-refractivity contribution in [1.29, 1.82) is 0 Å². The first-order chi connectivity index (χ1) is 15.6. The maximum absolute atomic E-state index is 13.0. The van der Waals surface area contributed by atoms with Crippen LogP contribution in [0.2, 0.25) is 0 Å². The Balaban J connectivity index is 1.72. The van der Waals surface area contributed by atoms with E-state index < -0.39 is 41.9 Å². The van der Waals surface area contributed by atoms with Crippen LogP contribution in [0.5, 0.6) is 17.2 Å². The lowest BCUT2D eigenvalue weighted by molar-refractivity contribution is -0.142. The van der Waals surface area contributed by atoms with Crippen LogP contribution in [0.25, 0.3) is 5.69 Å². The number of aromatic nitrogens is 3. The summed E-state index contributed by atoms with van der Waals surface area (Å²) in [6.45, 7) is -1.62. The molecule has 174 valence electrons. The minimum absolute atomic E-state index is 0.108. The molecule has 2 unspecified atom stereocenters. The van der Waals surface area contributed by atoms with Gasteiger partial charge >= 0.3 is 18.8 Å². The second kappa shape index (κ2) is 8.34. The van der Waals surface area contributed by atoms with Gasteiger partial charge in [0.25, 0.3) is 0 Å². The number of halogens is 5. The molecule has 0 bridgehead atoms. The standard InChI is InChI=1S/C21H16F5N3O4/c1-2-12(19(30)31)17-13-5-4-11(8-14(13)29-9-27-28-18(17)29)32-15-6-3-10(21(24,25)26)7-16(15)33-20(22)23/h3-9,12,17,20H,2H2,1H3,(H,30,31). The van der Waals surface area contributed by atoms with Gasteiger partial charge in [0.2, 0.25) is 0 Å². The summed E-state index contributed by atoms with van der Waals surface area (Å²) in [4.78, 5) is 11.8. The summed E-state index contributed by atoms with van der Waals surface area (Å²) >= 11 is 0. The molecular formula is C21H16F5N3O4. The molecule has 2 aromatic carbocycles. The number of ether oxygens (including phenoxy) is 2. The van der Waals surface area contributed by atoms with Crippen LogP contribution in [0, 0.1) is 5.92 Å². The number of benzene rings is 2. The fraction of sp³-hybridized carbons (Fsp3) is 0.286.